The van der Waals surface area contributed by atoms with Crippen LogP contribution in [0.3, 0.4) is 0 Å². The Morgan fingerprint density at radius 3 is 2.71 bits per heavy atom. The second-order valence-electron chi connectivity index (χ2n) is 5.31. The molecule has 0 bridgehead atoms. The molecule has 0 spiro atoms. The number of halogens is 2. The second kappa shape index (κ2) is 4.29. The van der Waals surface area contributed by atoms with Crippen molar-refractivity contribution in [3.05, 3.63) is 0 Å². The van der Waals surface area contributed by atoms with E-state index in [0.717, 1.165) is 12.8 Å². The summed E-state index contributed by atoms with van der Waals surface area (Å²) in [4.78, 5) is 14.3. The Labute approximate surface area is 111 Å². The quantitative estimate of drug-likeness (QED) is 0.689. The van der Waals surface area contributed by atoms with Crippen LogP contribution in [-0.2, 0) is 9.53 Å². The molecule has 0 N–H and O–H groups in total. The van der Waals surface area contributed by atoms with Crippen LogP contribution in [0.4, 0.5) is 0 Å². The first-order valence-electron chi connectivity index (χ1n) is 6.39. The molecule has 2 saturated carbocycles. The average molecular weight is 278 g/mol. The number of nitrogens with zero attached hydrogens (tertiary/aromatic N) is 1. The van der Waals surface area contributed by atoms with Crippen molar-refractivity contribution in [2.24, 2.45) is 5.92 Å². The Hall–Kier alpha value is 0.01000. The van der Waals surface area contributed by atoms with Crippen molar-refractivity contribution in [1.29, 1.82) is 0 Å². The van der Waals surface area contributed by atoms with Gasteiger partial charge < -0.3 is 9.64 Å². The first kappa shape index (κ1) is 12.1. The van der Waals surface area contributed by atoms with Gasteiger partial charge in [-0.25, -0.2) is 0 Å². The van der Waals surface area contributed by atoms with Crippen LogP contribution in [0, 0.1) is 5.92 Å². The molecule has 1 heterocycles. The number of fused-ring (bicyclic) bond motifs is 1. The number of hydrogen-bond acceptors (Lipinski definition) is 2. The van der Waals surface area contributed by atoms with Crippen LogP contribution < -0.4 is 0 Å². The fourth-order valence-electron chi connectivity index (χ4n) is 3.05. The lowest BCUT2D eigenvalue weighted by Crippen LogP contribution is -2.55. The lowest BCUT2D eigenvalue weighted by molar-refractivity contribution is -0.150. The van der Waals surface area contributed by atoms with Crippen LogP contribution in [0.1, 0.15) is 32.1 Å². The van der Waals surface area contributed by atoms with Crippen LogP contribution in [0.25, 0.3) is 0 Å². The molecule has 3 rings (SSSR count). The topological polar surface area (TPSA) is 29.5 Å². The van der Waals surface area contributed by atoms with E-state index in [1.807, 2.05) is 4.90 Å². The molecular weight excluding hydrogens is 261 g/mol. The molecule has 0 unspecified atom stereocenters. The summed E-state index contributed by atoms with van der Waals surface area (Å²) in [6, 6.07) is 0.259. The van der Waals surface area contributed by atoms with Gasteiger partial charge in [-0.2, -0.15) is 0 Å². The van der Waals surface area contributed by atoms with Gasteiger partial charge in [0.25, 0.3) is 0 Å². The molecule has 3 aliphatic rings. The Kier molecular flexibility index (Phi) is 3.04. The van der Waals surface area contributed by atoms with Gasteiger partial charge in [-0.15, -0.1) is 23.2 Å². The summed E-state index contributed by atoms with van der Waals surface area (Å²) in [5, 5.41) is 0. The predicted octanol–water partition coefficient (Wildman–Crippen LogP) is 2.35. The largest absolute Gasteiger partial charge is 0.374 e. The van der Waals surface area contributed by atoms with Crippen molar-refractivity contribution in [2.45, 2.75) is 48.6 Å². The fourth-order valence-corrected chi connectivity index (χ4v) is 3.55. The van der Waals surface area contributed by atoms with E-state index in [1.54, 1.807) is 0 Å². The number of carbonyl (C=O) groups is 1. The average Bonchev–Trinajstić information content (AvgIpc) is 2.97. The van der Waals surface area contributed by atoms with Gasteiger partial charge in [0.15, 0.2) is 0 Å². The molecule has 96 valence electrons. The van der Waals surface area contributed by atoms with Crippen LogP contribution in [-0.4, -0.2) is 40.4 Å². The highest BCUT2D eigenvalue weighted by atomic mass is 35.5. The van der Waals surface area contributed by atoms with E-state index in [4.69, 9.17) is 27.9 Å². The minimum atomic E-state index is -0.806. The van der Waals surface area contributed by atoms with Crippen molar-refractivity contribution in [3.63, 3.8) is 0 Å². The maximum atomic E-state index is 12.3. The van der Waals surface area contributed by atoms with Gasteiger partial charge in [-0.05, 0) is 19.3 Å². The molecular formula is C12H17Cl2NO2. The Morgan fingerprint density at radius 1 is 1.29 bits per heavy atom. The molecule has 3 atom stereocenters. The molecule has 3 fully saturated rings. The van der Waals surface area contributed by atoms with Crippen LogP contribution in [0.2, 0.25) is 0 Å². The molecule has 1 amide bonds. The third-order valence-electron chi connectivity index (χ3n) is 4.14. The normalized spacial score (nSPS) is 39.6. The SMILES string of the molecule is O=C([C@@H]1CC1(Cl)Cl)N1CCO[C@@H]2CCCC[C@H]21. The van der Waals surface area contributed by atoms with Crippen molar-refractivity contribution >= 4 is 29.1 Å². The lowest BCUT2D eigenvalue weighted by Gasteiger charge is -2.44. The minimum absolute atomic E-state index is 0.134. The molecule has 0 aromatic carbocycles. The molecule has 5 heteroatoms. The van der Waals surface area contributed by atoms with Crippen molar-refractivity contribution in [1.82, 2.24) is 4.90 Å². The highest BCUT2D eigenvalue weighted by Gasteiger charge is 2.58. The second-order valence-corrected chi connectivity index (χ2v) is 6.85. The van der Waals surface area contributed by atoms with Gasteiger partial charge in [0.1, 0.15) is 4.33 Å². The van der Waals surface area contributed by atoms with E-state index >= 15 is 0 Å². The number of alkyl halides is 2. The summed E-state index contributed by atoms with van der Waals surface area (Å²) in [5.74, 6) is -0.0540. The molecule has 17 heavy (non-hydrogen) atoms. The number of hydrogen-bond donors (Lipinski definition) is 0. The van der Waals surface area contributed by atoms with Crippen molar-refractivity contribution in [2.75, 3.05) is 13.2 Å². The van der Waals surface area contributed by atoms with Crippen molar-refractivity contribution in [3.8, 4) is 0 Å². The summed E-state index contributed by atoms with van der Waals surface area (Å²) in [5.41, 5.74) is 0. The van der Waals surface area contributed by atoms with E-state index in [-0.39, 0.29) is 24.0 Å². The van der Waals surface area contributed by atoms with E-state index < -0.39 is 4.33 Å². The number of morpholine rings is 1. The highest BCUT2D eigenvalue weighted by Crippen LogP contribution is 2.54. The maximum Gasteiger partial charge on any atom is 0.229 e. The molecule has 1 saturated heterocycles. The molecule has 0 radical (unpaired) electrons. The zero-order chi connectivity index (χ0) is 12.0. The highest BCUT2D eigenvalue weighted by molar-refractivity contribution is 6.52. The molecule has 1 aliphatic heterocycles. The maximum absolute atomic E-state index is 12.3. The molecule has 0 aromatic heterocycles. The molecule has 0 aromatic rings. The lowest BCUT2D eigenvalue weighted by atomic mass is 9.90. The summed E-state index contributed by atoms with van der Waals surface area (Å²) < 4.78 is 4.95. The number of ether oxygens (including phenoxy) is 1. The first-order chi connectivity index (χ1) is 8.09. The fraction of sp³-hybridized carbons (Fsp3) is 0.917. The molecule has 3 nitrogen and oxygen atoms in total. The Morgan fingerprint density at radius 2 is 2.00 bits per heavy atom. The summed E-state index contributed by atoms with van der Waals surface area (Å²) in [6.45, 7) is 1.34. The van der Waals surface area contributed by atoms with E-state index in [9.17, 15) is 4.79 Å². The summed E-state index contributed by atoms with van der Waals surface area (Å²) in [7, 11) is 0. The molecule has 2 aliphatic carbocycles. The van der Waals surface area contributed by atoms with Gasteiger partial charge in [0, 0.05) is 6.54 Å². The van der Waals surface area contributed by atoms with E-state index in [1.165, 1.54) is 12.8 Å². The Bertz CT molecular complexity index is 332. The third kappa shape index (κ3) is 2.18. The smallest absolute Gasteiger partial charge is 0.229 e. The standard InChI is InChI=1S/C12H17Cl2NO2/c13-12(14)7-8(12)11(16)15-5-6-17-10-4-2-1-3-9(10)15/h8-10H,1-7H2/t8-,9+,10+/m0/s1. The van der Waals surface area contributed by atoms with Gasteiger partial charge in [0.2, 0.25) is 5.91 Å². The number of rotatable bonds is 1. The summed E-state index contributed by atoms with van der Waals surface area (Å²) in [6.07, 6.45) is 5.37. The van der Waals surface area contributed by atoms with Gasteiger partial charge in [-0.1, -0.05) is 12.8 Å². The number of carbonyl (C=O) groups excluding carboxylic acids is 1. The Balaban J connectivity index is 1.71. The predicted molar refractivity (Wildman–Crippen MR) is 66.3 cm³/mol. The van der Waals surface area contributed by atoms with E-state index in [0.29, 0.717) is 19.6 Å². The third-order valence-corrected chi connectivity index (χ3v) is 4.97. The van der Waals surface area contributed by atoms with Gasteiger partial charge >= 0.3 is 0 Å². The first-order valence-corrected chi connectivity index (χ1v) is 7.15. The zero-order valence-electron chi connectivity index (χ0n) is 9.70. The van der Waals surface area contributed by atoms with Crippen LogP contribution in [0.5, 0.6) is 0 Å². The van der Waals surface area contributed by atoms with Crippen LogP contribution >= 0.6 is 23.2 Å². The van der Waals surface area contributed by atoms with Gasteiger partial charge in [-0.3, -0.25) is 4.79 Å². The monoisotopic (exact) mass is 277 g/mol. The summed E-state index contributed by atoms with van der Waals surface area (Å²) >= 11 is 12.0. The zero-order valence-corrected chi connectivity index (χ0v) is 11.2. The van der Waals surface area contributed by atoms with E-state index in [2.05, 4.69) is 0 Å². The minimum Gasteiger partial charge on any atom is -0.374 e. The van der Waals surface area contributed by atoms with Crippen molar-refractivity contribution < 1.29 is 9.53 Å². The van der Waals surface area contributed by atoms with Crippen LogP contribution in [0.15, 0.2) is 0 Å². The number of amides is 1. The van der Waals surface area contributed by atoms with Gasteiger partial charge in [0.05, 0.1) is 24.7 Å².